The summed E-state index contributed by atoms with van der Waals surface area (Å²) in [5.41, 5.74) is 0. The average Bonchev–Trinajstić information content (AvgIpc) is 2.93. The maximum Gasteiger partial charge on any atom is 0.202 e. The Hall–Kier alpha value is -0.690. The van der Waals surface area contributed by atoms with Crippen molar-refractivity contribution in [3.8, 4) is 0 Å². The second kappa shape index (κ2) is 4.67. The van der Waals surface area contributed by atoms with E-state index in [4.69, 9.17) is 0 Å². The fourth-order valence-electron chi connectivity index (χ4n) is 1.34. The molecule has 1 fully saturated rings. The van der Waals surface area contributed by atoms with Gasteiger partial charge in [-0.3, -0.25) is 0 Å². The Morgan fingerprint density at radius 2 is 2.25 bits per heavy atom. The molecule has 7 heteroatoms. The van der Waals surface area contributed by atoms with Crippen molar-refractivity contribution >= 4 is 26.5 Å². The van der Waals surface area contributed by atoms with E-state index in [1.54, 1.807) is 0 Å². The number of rotatable bonds is 6. The summed E-state index contributed by atoms with van der Waals surface area (Å²) in [4.78, 5) is 4.35. The standard InChI is InChI=1S/C9H15N3O2S2/c1-16(13,14)6-2-5-10-9-11-8(12-15-9)7-3-4-7/h7H,2-6H2,1H3,(H,10,11,12). The molecule has 0 amide bonds. The Bertz CT molecular complexity index is 451. The van der Waals surface area contributed by atoms with Crippen LogP contribution < -0.4 is 5.32 Å². The van der Waals surface area contributed by atoms with Crippen molar-refractivity contribution in [3.05, 3.63) is 5.82 Å². The van der Waals surface area contributed by atoms with Crippen LogP contribution >= 0.6 is 11.5 Å². The number of nitrogens with one attached hydrogen (secondary N) is 1. The lowest BCUT2D eigenvalue weighted by molar-refractivity contribution is 0.600. The predicted molar refractivity (Wildman–Crippen MR) is 64.7 cm³/mol. The number of sulfone groups is 1. The van der Waals surface area contributed by atoms with Gasteiger partial charge in [-0.25, -0.2) is 13.4 Å². The molecule has 2 rings (SSSR count). The molecule has 0 aromatic carbocycles. The highest BCUT2D eigenvalue weighted by Gasteiger charge is 2.27. The molecule has 16 heavy (non-hydrogen) atoms. The van der Waals surface area contributed by atoms with Crippen LogP contribution in [0.2, 0.25) is 0 Å². The molecule has 0 atom stereocenters. The number of hydrogen-bond donors (Lipinski definition) is 1. The molecule has 0 aliphatic heterocycles. The van der Waals surface area contributed by atoms with Gasteiger partial charge < -0.3 is 5.32 Å². The van der Waals surface area contributed by atoms with Crippen LogP contribution in [0.3, 0.4) is 0 Å². The van der Waals surface area contributed by atoms with E-state index >= 15 is 0 Å². The van der Waals surface area contributed by atoms with E-state index in [9.17, 15) is 8.42 Å². The molecule has 0 saturated heterocycles. The highest BCUT2D eigenvalue weighted by molar-refractivity contribution is 7.90. The maximum atomic E-state index is 10.9. The zero-order valence-electron chi connectivity index (χ0n) is 9.14. The molecule has 1 heterocycles. The van der Waals surface area contributed by atoms with E-state index in [2.05, 4.69) is 14.7 Å². The van der Waals surface area contributed by atoms with Crippen LogP contribution in [0, 0.1) is 0 Å². The van der Waals surface area contributed by atoms with Crippen LogP contribution in [0.15, 0.2) is 0 Å². The first-order valence-electron chi connectivity index (χ1n) is 5.30. The second-order valence-corrected chi connectivity index (χ2v) is 7.15. The van der Waals surface area contributed by atoms with Crippen LogP contribution in [0.1, 0.15) is 31.0 Å². The monoisotopic (exact) mass is 261 g/mol. The summed E-state index contributed by atoms with van der Waals surface area (Å²) in [5.74, 6) is 1.73. The van der Waals surface area contributed by atoms with Gasteiger partial charge in [0, 0.05) is 30.3 Å². The van der Waals surface area contributed by atoms with Gasteiger partial charge in [0.25, 0.3) is 0 Å². The summed E-state index contributed by atoms with van der Waals surface area (Å²) in [6, 6.07) is 0. The molecule has 1 aromatic heterocycles. The quantitative estimate of drug-likeness (QED) is 0.781. The molecular weight excluding hydrogens is 246 g/mol. The SMILES string of the molecule is CS(=O)(=O)CCCNc1nc(C2CC2)ns1. The Morgan fingerprint density at radius 3 is 2.88 bits per heavy atom. The fourth-order valence-corrected chi connectivity index (χ4v) is 2.68. The summed E-state index contributed by atoms with van der Waals surface area (Å²) >= 11 is 1.35. The number of nitrogens with zero attached hydrogens (tertiary/aromatic N) is 2. The number of anilines is 1. The van der Waals surface area contributed by atoms with Gasteiger partial charge in [-0.2, -0.15) is 4.37 Å². The van der Waals surface area contributed by atoms with Gasteiger partial charge in [0.2, 0.25) is 5.13 Å². The molecule has 0 spiro atoms. The van der Waals surface area contributed by atoms with Gasteiger partial charge in [-0.1, -0.05) is 0 Å². The smallest absolute Gasteiger partial charge is 0.202 e. The van der Waals surface area contributed by atoms with Crippen molar-refractivity contribution < 1.29 is 8.42 Å². The number of aromatic nitrogens is 2. The zero-order valence-corrected chi connectivity index (χ0v) is 10.8. The van der Waals surface area contributed by atoms with Crippen molar-refractivity contribution in [2.45, 2.75) is 25.2 Å². The third-order valence-corrected chi connectivity index (χ3v) is 4.07. The number of hydrogen-bond acceptors (Lipinski definition) is 6. The highest BCUT2D eigenvalue weighted by atomic mass is 32.2. The van der Waals surface area contributed by atoms with E-state index in [-0.39, 0.29) is 5.75 Å². The third kappa shape index (κ3) is 3.71. The molecule has 0 unspecified atom stereocenters. The van der Waals surface area contributed by atoms with Gasteiger partial charge in [0.15, 0.2) is 0 Å². The van der Waals surface area contributed by atoms with E-state index < -0.39 is 9.84 Å². The van der Waals surface area contributed by atoms with Crippen molar-refractivity contribution in [1.29, 1.82) is 0 Å². The molecule has 1 aliphatic carbocycles. The third-order valence-electron chi connectivity index (χ3n) is 2.35. The van der Waals surface area contributed by atoms with Crippen LogP contribution in [-0.4, -0.2) is 36.3 Å². The second-order valence-electron chi connectivity index (χ2n) is 4.14. The normalized spacial score (nSPS) is 16.3. The van der Waals surface area contributed by atoms with Gasteiger partial charge in [0.1, 0.15) is 15.7 Å². The van der Waals surface area contributed by atoms with Crippen molar-refractivity contribution in [1.82, 2.24) is 9.36 Å². The van der Waals surface area contributed by atoms with Crippen molar-refractivity contribution in [2.24, 2.45) is 0 Å². The summed E-state index contributed by atoms with van der Waals surface area (Å²) in [6.45, 7) is 0.631. The van der Waals surface area contributed by atoms with Gasteiger partial charge in [-0.05, 0) is 19.3 Å². The lowest BCUT2D eigenvalue weighted by atomic mass is 10.4. The topological polar surface area (TPSA) is 72.0 Å². The van der Waals surface area contributed by atoms with E-state index in [1.165, 1.54) is 30.6 Å². The molecule has 1 saturated carbocycles. The molecule has 1 N–H and O–H groups in total. The van der Waals surface area contributed by atoms with Gasteiger partial charge in [0.05, 0.1) is 5.75 Å². The van der Waals surface area contributed by atoms with Crippen molar-refractivity contribution in [2.75, 3.05) is 23.9 Å². The van der Waals surface area contributed by atoms with Crippen LogP contribution in [0.5, 0.6) is 0 Å². The average molecular weight is 261 g/mol. The van der Waals surface area contributed by atoms with E-state index in [0.29, 0.717) is 18.9 Å². The first-order valence-corrected chi connectivity index (χ1v) is 8.13. The highest BCUT2D eigenvalue weighted by Crippen LogP contribution is 2.39. The Morgan fingerprint density at radius 1 is 1.50 bits per heavy atom. The lowest BCUT2D eigenvalue weighted by Crippen LogP contribution is -2.09. The summed E-state index contributed by atoms with van der Waals surface area (Å²) in [5, 5.41) is 3.90. The van der Waals surface area contributed by atoms with E-state index in [0.717, 1.165) is 11.0 Å². The lowest BCUT2D eigenvalue weighted by Gasteiger charge is -2.00. The Kier molecular flexibility index (Phi) is 3.44. The predicted octanol–water partition coefficient (Wildman–Crippen LogP) is 1.26. The minimum Gasteiger partial charge on any atom is -0.360 e. The largest absolute Gasteiger partial charge is 0.360 e. The Labute approximate surface area is 99.4 Å². The van der Waals surface area contributed by atoms with Gasteiger partial charge >= 0.3 is 0 Å². The van der Waals surface area contributed by atoms with Crippen molar-refractivity contribution in [3.63, 3.8) is 0 Å². The summed E-state index contributed by atoms with van der Waals surface area (Å²) in [6.07, 6.45) is 4.26. The minimum absolute atomic E-state index is 0.217. The minimum atomic E-state index is -2.85. The Balaban J connectivity index is 1.72. The molecule has 1 aromatic rings. The first kappa shape index (κ1) is 11.8. The molecular formula is C9H15N3O2S2. The molecule has 5 nitrogen and oxygen atoms in total. The van der Waals surface area contributed by atoms with Gasteiger partial charge in [-0.15, -0.1) is 0 Å². The maximum absolute atomic E-state index is 10.9. The van der Waals surface area contributed by atoms with Crippen LogP contribution in [-0.2, 0) is 9.84 Å². The summed E-state index contributed by atoms with van der Waals surface area (Å²) < 4.78 is 26.0. The molecule has 90 valence electrons. The molecule has 0 radical (unpaired) electrons. The zero-order chi connectivity index (χ0) is 11.6. The first-order chi connectivity index (χ1) is 7.54. The summed E-state index contributed by atoms with van der Waals surface area (Å²) in [7, 11) is -2.85. The van der Waals surface area contributed by atoms with Crippen LogP contribution in [0.4, 0.5) is 5.13 Å². The molecule has 1 aliphatic rings. The fraction of sp³-hybridized carbons (Fsp3) is 0.778. The van der Waals surface area contributed by atoms with E-state index in [1.807, 2.05) is 0 Å². The molecule has 0 bridgehead atoms. The van der Waals surface area contributed by atoms with Crippen LogP contribution in [0.25, 0.3) is 0 Å².